The van der Waals surface area contributed by atoms with Crippen molar-refractivity contribution in [2.24, 2.45) is 0 Å². The Morgan fingerprint density at radius 3 is 0.836 bits per heavy atom. The van der Waals surface area contributed by atoms with Crippen LogP contribution >= 0.6 is 0 Å². The summed E-state index contributed by atoms with van der Waals surface area (Å²) < 4.78 is 16.9. The van der Waals surface area contributed by atoms with Gasteiger partial charge < -0.3 is 14.2 Å². The average Bonchev–Trinajstić information content (AvgIpc) is 3.39. The summed E-state index contributed by atoms with van der Waals surface area (Å²) in [5.41, 5.74) is 0. The SMILES string of the molecule is CC/C=C\C/C=C\C/C=C\C/C=C\C/C=C\CCCC(=O)OCC(COC(=O)CCCCCCCCCCCCCCCCCCCCC)OC(=O)CCCCCCCCCCCCCCCCCCCCC. The third-order valence-corrected chi connectivity index (χ3v) is 14.0. The third-order valence-electron chi connectivity index (χ3n) is 14.0. The lowest BCUT2D eigenvalue weighted by molar-refractivity contribution is -0.167. The molecule has 0 aromatic carbocycles. The number of ether oxygens (including phenoxy) is 3. The van der Waals surface area contributed by atoms with E-state index in [-0.39, 0.29) is 37.5 Å². The molecule has 424 valence electrons. The first-order valence-electron chi connectivity index (χ1n) is 31.8. The van der Waals surface area contributed by atoms with Crippen molar-refractivity contribution in [3.05, 3.63) is 60.8 Å². The number of allylic oxidation sites excluding steroid dienone is 10. The number of hydrogen-bond donors (Lipinski definition) is 0. The minimum Gasteiger partial charge on any atom is -0.462 e. The van der Waals surface area contributed by atoms with E-state index in [9.17, 15) is 14.4 Å². The van der Waals surface area contributed by atoms with Crippen molar-refractivity contribution in [3.63, 3.8) is 0 Å². The highest BCUT2D eigenvalue weighted by molar-refractivity contribution is 5.71. The summed E-state index contributed by atoms with van der Waals surface area (Å²) >= 11 is 0. The highest BCUT2D eigenvalue weighted by Gasteiger charge is 2.19. The van der Waals surface area contributed by atoms with Gasteiger partial charge in [-0.15, -0.1) is 0 Å². The Morgan fingerprint density at radius 2 is 0.534 bits per heavy atom. The smallest absolute Gasteiger partial charge is 0.306 e. The zero-order valence-corrected chi connectivity index (χ0v) is 48.7. The monoisotopic (exact) mass is 1020 g/mol. The molecule has 0 saturated heterocycles. The molecule has 6 nitrogen and oxygen atoms in total. The first-order chi connectivity index (χ1) is 36.0. The summed E-state index contributed by atoms with van der Waals surface area (Å²) in [6, 6.07) is 0. The fourth-order valence-corrected chi connectivity index (χ4v) is 9.31. The maximum atomic E-state index is 12.9. The molecule has 1 unspecified atom stereocenters. The van der Waals surface area contributed by atoms with E-state index in [2.05, 4.69) is 81.5 Å². The van der Waals surface area contributed by atoms with Crippen LogP contribution in [0.25, 0.3) is 0 Å². The van der Waals surface area contributed by atoms with Crippen molar-refractivity contribution in [1.29, 1.82) is 0 Å². The van der Waals surface area contributed by atoms with E-state index >= 15 is 0 Å². The summed E-state index contributed by atoms with van der Waals surface area (Å²) in [5.74, 6) is -0.927. The molecule has 0 N–H and O–H groups in total. The van der Waals surface area contributed by atoms with Gasteiger partial charge in [-0.3, -0.25) is 14.4 Å². The maximum Gasteiger partial charge on any atom is 0.306 e. The van der Waals surface area contributed by atoms with Crippen LogP contribution in [0.2, 0.25) is 0 Å². The molecular weight excluding hydrogens is 901 g/mol. The molecule has 0 aliphatic heterocycles. The second-order valence-electron chi connectivity index (χ2n) is 21.3. The van der Waals surface area contributed by atoms with E-state index in [4.69, 9.17) is 14.2 Å². The van der Waals surface area contributed by atoms with Gasteiger partial charge in [0.15, 0.2) is 6.10 Å². The van der Waals surface area contributed by atoms with E-state index in [1.165, 1.54) is 205 Å². The average molecular weight is 1020 g/mol. The molecule has 0 radical (unpaired) electrons. The number of unbranched alkanes of at least 4 members (excludes halogenated alkanes) is 37. The zero-order valence-electron chi connectivity index (χ0n) is 48.7. The predicted octanol–water partition coefficient (Wildman–Crippen LogP) is 21.6. The van der Waals surface area contributed by atoms with Gasteiger partial charge in [-0.2, -0.15) is 0 Å². The topological polar surface area (TPSA) is 78.9 Å². The Kier molecular flexibility index (Phi) is 59.2. The summed E-state index contributed by atoms with van der Waals surface area (Å²) in [4.78, 5) is 38.3. The summed E-state index contributed by atoms with van der Waals surface area (Å²) in [5, 5.41) is 0. The van der Waals surface area contributed by atoms with Crippen LogP contribution in [0.15, 0.2) is 60.8 Å². The molecule has 6 heteroatoms. The lowest BCUT2D eigenvalue weighted by Gasteiger charge is -2.18. The van der Waals surface area contributed by atoms with Crippen LogP contribution in [0, 0.1) is 0 Å². The van der Waals surface area contributed by atoms with Crippen molar-refractivity contribution in [1.82, 2.24) is 0 Å². The molecule has 0 aliphatic rings. The van der Waals surface area contributed by atoms with Gasteiger partial charge in [0, 0.05) is 19.3 Å². The maximum absolute atomic E-state index is 12.9. The molecule has 1 atom stereocenters. The van der Waals surface area contributed by atoms with E-state index < -0.39 is 6.10 Å². The highest BCUT2D eigenvalue weighted by Crippen LogP contribution is 2.18. The van der Waals surface area contributed by atoms with E-state index in [0.717, 1.165) is 77.0 Å². The van der Waals surface area contributed by atoms with Crippen molar-refractivity contribution in [3.8, 4) is 0 Å². The predicted molar refractivity (Wildman–Crippen MR) is 316 cm³/mol. The Bertz CT molecular complexity index is 1310. The van der Waals surface area contributed by atoms with Gasteiger partial charge in [0.05, 0.1) is 0 Å². The minimum absolute atomic E-state index is 0.0871. The molecule has 0 rings (SSSR count). The Hall–Kier alpha value is -2.89. The standard InChI is InChI=1S/C67H120O6/c1-4-7-10-13-16-19-22-25-28-31-33-36-39-42-45-48-51-54-57-60-66(69)72-63-64(62-71-65(68)59-56-53-50-47-44-41-38-35-30-27-24-21-18-15-12-9-6-3)73-67(70)61-58-55-52-49-46-43-40-37-34-32-29-26-23-20-17-14-11-8-5-2/h9,12,18,21,27,30,38,41,47,50,64H,4-8,10-11,13-17,19-20,22-26,28-29,31-37,39-40,42-46,48-49,51-63H2,1-3H3/b12-9-,21-18-,30-27-,41-38-,50-47-. The number of rotatable bonds is 58. The molecule has 0 aliphatic carbocycles. The summed E-state index contributed by atoms with van der Waals surface area (Å²) in [7, 11) is 0. The van der Waals surface area contributed by atoms with Crippen molar-refractivity contribution in [2.45, 2.75) is 335 Å². The molecule has 0 aromatic heterocycles. The van der Waals surface area contributed by atoms with Crippen LogP contribution in [0.3, 0.4) is 0 Å². The number of carbonyl (C=O) groups is 3. The van der Waals surface area contributed by atoms with Gasteiger partial charge >= 0.3 is 17.9 Å². The lowest BCUT2D eigenvalue weighted by Crippen LogP contribution is -2.30. The normalized spacial score (nSPS) is 12.4. The van der Waals surface area contributed by atoms with Crippen LogP contribution in [0.5, 0.6) is 0 Å². The fourth-order valence-electron chi connectivity index (χ4n) is 9.31. The van der Waals surface area contributed by atoms with Crippen LogP contribution < -0.4 is 0 Å². The Morgan fingerprint density at radius 1 is 0.288 bits per heavy atom. The van der Waals surface area contributed by atoms with Crippen molar-refractivity contribution >= 4 is 17.9 Å². The van der Waals surface area contributed by atoms with Crippen LogP contribution in [0.4, 0.5) is 0 Å². The van der Waals surface area contributed by atoms with Crippen LogP contribution in [-0.4, -0.2) is 37.2 Å². The first kappa shape index (κ1) is 70.1. The van der Waals surface area contributed by atoms with Gasteiger partial charge in [0.25, 0.3) is 0 Å². The largest absolute Gasteiger partial charge is 0.462 e. The van der Waals surface area contributed by atoms with E-state index in [1.807, 2.05) is 0 Å². The quantitative estimate of drug-likeness (QED) is 0.0261. The fraction of sp³-hybridized carbons (Fsp3) is 0.806. The minimum atomic E-state index is -0.795. The van der Waals surface area contributed by atoms with E-state index in [0.29, 0.717) is 19.3 Å². The second-order valence-corrected chi connectivity index (χ2v) is 21.3. The summed E-state index contributed by atoms with van der Waals surface area (Å²) in [6.07, 6.45) is 78.0. The van der Waals surface area contributed by atoms with E-state index in [1.54, 1.807) is 0 Å². The highest BCUT2D eigenvalue weighted by atomic mass is 16.6. The van der Waals surface area contributed by atoms with Gasteiger partial charge in [-0.05, 0) is 57.8 Å². The Balaban J connectivity index is 4.39. The second kappa shape index (κ2) is 61.7. The summed E-state index contributed by atoms with van der Waals surface area (Å²) in [6.45, 7) is 6.54. The van der Waals surface area contributed by atoms with Crippen molar-refractivity contribution < 1.29 is 28.6 Å². The molecule has 0 fully saturated rings. The molecular formula is C67H120O6. The molecule has 0 heterocycles. The molecule has 0 bridgehead atoms. The van der Waals surface area contributed by atoms with Gasteiger partial charge in [-0.25, -0.2) is 0 Å². The molecule has 0 aromatic rings. The van der Waals surface area contributed by atoms with Gasteiger partial charge in [-0.1, -0.05) is 313 Å². The van der Waals surface area contributed by atoms with Crippen LogP contribution in [0.1, 0.15) is 329 Å². The third kappa shape index (κ3) is 59.9. The van der Waals surface area contributed by atoms with Gasteiger partial charge in [0.2, 0.25) is 0 Å². The molecule has 0 saturated carbocycles. The molecule has 0 spiro atoms. The number of carbonyl (C=O) groups excluding carboxylic acids is 3. The number of esters is 3. The Labute approximate surface area is 453 Å². The lowest BCUT2D eigenvalue weighted by atomic mass is 10.0. The molecule has 73 heavy (non-hydrogen) atoms. The number of hydrogen-bond acceptors (Lipinski definition) is 6. The molecule has 0 amide bonds. The van der Waals surface area contributed by atoms with Gasteiger partial charge in [0.1, 0.15) is 13.2 Å². The van der Waals surface area contributed by atoms with Crippen molar-refractivity contribution in [2.75, 3.05) is 13.2 Å². The first-order valence-corrected chi connectivity index (χ1v) is 31.8. The van der Waals surface area contributed by atoms with Crippen LogP contribution in [-0.2, 0) is 28.6 Å². The zero-order chi connectivity index (χ0) is 52.9.